The molecule has 0 fully saturated rings. The average Bonchev–Trinajstić information content (AvgIpc) is 2.57. The van der Waals surface area contributed by atoms with Gasteiger partial charge in [-0.05, 0) is 37.3 Å². The van der Waals surface area contributed by atoms with Crippen molar-refractivity contribution in [2.24, 2.45) is 0 Å². The molecule has 0 aliphatic rings. The number of anilines is 2. The Balaban J connectivity index is 2.10. The van der Waals surface area contributed by atoms with Gasteiger partial charge in [0.1, 0.15) is 17.5 Å². The molecule has 2 aromatic rings. The predicted molar refractivity (Wildman–Crippen MR) is 100 cm³/mol. The molecule has 24 heavy (non-hydrogen) atoms. The van der Waals surface area contributed by atoms with E-state index in [9.17, 15) is 4.79 Å². The molecule has 0 aromatic heterocycles. The van der Waals surface area contributed by atoms with E-state index in [1.165, 1.54) is 7.11 Å². The molecule has 0 saturated heterocycles. The third-order valence-electron chi connectivity index (χ3n) is 3.35. The molecule has 7 heteroatoms. The van der Waals surface area contributed by atoms with Crippen molar-refractivity contribution in [2.75, 3.05) is 24.9 Å². The Hall–Kier alpha value is -1.92. The van der Waals surface area contributed by atoms with Crippen molar-refractivity contribution in [3.05, 3.63) is 45.9 Å². The van der Waals surface area contributed by atoms with Crippen LogP contribution in [0.5, 0.6) is 11.5 Å². The number of amides is 1. The lowest BCUT2D eigenvalue weighted by molar-refractivity contribution is -0.116. The van der Waals surface area contributed by atoms with E-state index < -0.39 is 6.04 Å². The summed E-state index contributed by atoms with van der Waals surface area (Å²) in [6.45, 7) is 1.76. The zero-order valence-corrected chi connectivity index (χ0v) is 15.9. The maximum atomic E-state index is 12.3. The average molecular weight is 414 g/mol. The van der Waals surface area contributed by atoms with Gasteiger partial charge in [-0.15, -0.1) is 0 Å². The number of ether oxygens (including phenoxy) is 2. The van der Waals surface area contributed by atoms with E-state index in [0.29, 0.717) is 22.2 Å². The highest BCUT2D eigenvalue weighted by Gasteiger charge is 2.17. The summed E-state index contributed by atoms with van der Waals surface area (Å²) < 4.78 is 11.4. The van der Waals surface area contributed by atoms with Crippen molar-refractivity contribution in [1.29, 1.82) is 0 Å². The van der Waals surface area contributed by atoms with Gasteiger partial charge in [-0.3, -0.25) is 4.79 Å². The molecule has 5 nitrogen and oxygen atoms in total. The second-order valence-electron chi connectivity index (χ2n) is 5.05. The molecule has 0 aliphatic heterocycles. The third kappa shape index (κ3) is 4.55. The predicted octanol–water partition coefficient (Wildman–Crippen LogP) is 4.56. The van der Waals surface area contributed by atoms with Gasteiger partial charge < -0.3 is 20.1 Å². The summed E-state index contributed by atoms with van der Waals surface area (Å²) in [6.07, 6.45) is 0. The zero-order valence-electron chi connectivity index (χ0n) is 13.5. The second-order valence-corrected chi connectivity index (χ2v) is 6.37. The molecule has 1 atom stereocenters. The zero-order chi connectivity index (χ0) is 17.7. The summed E-state index contributed by atoms with van der Waals surface area (Å²) in [5, 5.41) is 6.37. The Morgan fingerprint density at radius 1 is 1.12 bits per heavy atom. The summed E-state index contributed by atoms with van der Waals surface area (Å²) >= 11 is 9.50. The molecule has 0 radical (unpaired) electrons. The lowest BCUT2D eigenvalue weighted by Gasteiger charge is -2.18. The molecule has 2 rings (SSSR count). The highest BCUT2D eigenvalue weighted by atomic mass is 79.9. The normalized spacial score (nSPS) is 11.5. The molecule has 2 aromatic carbocycles. The van der Waals surface area contributed by atoms with E-state index in [1.54, 1.807) is 26.2 Å². The minimum atomic E-state index is -0.494. The van der Waals surface area contributed by atoms with Gasteiger partial charge in [0.2, 0.25) is 5.91 Å². The van der Waals surface area contributed by atoms with Crippen LogP contribution < -0.4 is 20.1 Å². The van der Waals surface area contributed by atoms with Crippen LogP contribution >= 0.6 is 27.5 Å². The second kappa shape index (κ2) is 8.26. The van der Waals surface area contributed by atoms with Crippen molar-refractivity contribution < 1.29 is 14.3 Å². The molecule has 128 valence electrons. The summed E-state index contributed by atoms with van der Waals surface area (Å²) in [5.74, 6) is 0.872. The summed E-state index contributed by atoms with van der Waals surface area (Å²) in [6, 6.07) is 10.2. The van der Waals surface area contributed by atoms with E-state index in [0.717, 1.165) is 10.2 Å². The van der Waals surface area contributed by atoms with Gasteiger partial charge in [-0.1, -0.05) is 27.5 Å². The molecule has 1 amide bonds. The highest BCUT2D eigenvalue weighted by Crippen LogP contribution is 2.36. The summed E-state index contributed by atoms with van der Waals surface area (Å²) in [4.78, 5) is 12.3. The number of carbonyl (C=O) groups excluding carboxylic acids is 1. The smallest absolute Gasteiger partial charge is 0.246 e. The van der Waals surface area contributed by atoms with Gasteiger partial charge in [0, 0.05) is 16.2 Å². The maximum Gasteiger partial charge on any atom is 0.246 e. The first-order valence-corrected chi connectivity index (χ1v) is 8.36. The Morgan fingerprint density at radius 3 is 2.33 bits per heavy atom. The van der Waals surface area contributed by atoms with Crippen LogP contribution in [0.25, 0.3) is 0 Å². The SMILES string of the molecule is COc1cc(OC)c(N[C@H](C)C(=O)Nc2ccc(Br)cc2)cc1Cl. The van der Waals surface area contributed by atoms with Crippen LogP contribution in [0.1, 0.15) is 6.92 Å². The number of methoxy groups -OCH3 is 2. The number of nitrogens with one attached hydrogen (secondary N) is 2. The minimum Gasteiger partial charge on any atom is -0.495 e. The Kier molecular flexibility index (Phi) is 6.34. The lowest BCUT2D eigenvalue weighted by Crippen LogP contribution is -2.32. The fourth-order valence-electron chi connectivity index (χ4n) is 2.06. The first-order valence-electron chi connectivity index (χ1n) is 7.19. The van der Waals surface area contributed by atoms with E-state index in [1.807, 2.05) is 24.3 Å². The van der Waals surface area contributed by atoms with Crippen molar-refractivity contribution >= 4 is 44.8 Å². The Bertz CT molecular complexity index is 723. The first kappa shape index (κ1) is 18.4. The summed E-state index contributed by atoms with van der Waals surface area (Å²) in [7, 11) is 3.07. The highest BCUT2D eigenvalue weighted by molar-refractivity contribution is 9.10. The fraction of sp³-hybridized carbons (Fsp3) is 0.235. The molecule has 0 saturated carbocycles. The summed E-state index contributed by atoms with van der Waals surface area (Å²) in [5.41, 5.74) is 1.33. The van der Waals surface area contributed by atoms with E-state index in [4.69, 9.17) is 21.1 Å². The number of hydrogen-bond donors (Lipinski definition) is 2. The van der Waals surface area contributed by atoms with Gasteiger partial charge in [0.25, 0.3) is 0 Å². The van der Waals surface area contributed by atoms with Crippen LogP contribution in [0.3, 0.4) is 0 Å². The first-order chi connectivity index (χ1) is 11.4. The van der Waals surface area contributed by atoms with Crippen molar-refractivity contribution in [1.82, 2.24) is 0 Å². The molecular weight excluding hydrogens is 396 g/mol. The van der Waals surface area contributed by atoms with Crippen LogP contribution in [-0.4, -0.2) is 26.2 Å². The monoisotopic (exact) mass is 412 g/mol. The standard InChI is InChI=1S/C17H18BrClN2O3/c1-10(17(22)21-12-6-4-11(18)5-7-12)20-14-8-13(19)15(23-2)9-16(14)24-3/h4-10,20H,1-3H3,(H,21,22)/t10-/m1/s1. The minimum absolute atomic E-state index is 0.175. The van der Waals surface area contributed by atoms with E-state index in [-0.39, 0.29) is 5.91 Å². The van der Waals surface area contributed by atoms with Crippen LogP contribution in [0, 0.1) is 0 Å². The molecule has 0 bridgehead atoms. The number of benzene rings is 2. The van der Waals surface area contributed by atoms with Crippen molar-refractivity contribution in [3.8, 4) is 11.5 Å². The van der Waals surface area contributed by atoms with Crippen molar-refractivity contribution in [2.45, 2.75) is 13.0 Å². The largest absolute Gasteiger partial charge is 0.495 e. The van der Waals surface area contributed by atoms with E-state index in [2.05, 4.69) is 26.6 Å². The fourth-order valence-corrected chi connectivity index (χ4v) is 2.56. The third-order valence-corrected chi connectivity index (χ3v) is 4.18. The molecular formula is C17H18BrClN2O3. The quantitative estimate of drug-likeness (QED) is 0.729. The molecule has 0 unspecified atom stereocenters. The van der Waals surface area contributed by atoms with Crippen molar-refractivity contribution in [3.63, 3.8) is 0 Å². The Labute approximate surface area is 154 Å². The van der Waals surface area contributed by atoms with Crippen LogP contribution in [-0.2, 0) is 4.79 Å². The van der Waals surface area contributed by atoms with Crippen LogP contribution in [0.4, 0.5) is 11.4 Å². The Morgan fingerprint density at radius 2 is 1.75 bits per heavy atom. The molecule has 0 spiro atoms. The number of rotatable bonds is 6. The van der Waals surface area contributed by atoms with Gasteiger partial charge in [-0.2, -0.15) is 0 Å². The maximum absolute atomic E-state index is 12.3. The topological polar surface area (TPSA) is 59.6 Å². The van der Waals surface area contributed by atoms with E-state index >= 15 is 0 Å². The number of hydrogen-bond acceptors (Lipinski definition) is 4. The van der Waals surface area contributed by atoms with Gasteiger partial charge in [0.15, 0.2) is 0 Å². The number of carbonyl (C=O) groups is 1. The van der Waals surface area contributed by atoms with Gasteiger partial charge in [0.05, 0.1) is 24.9 Å². The van der Waals surface area contributed by atoms with Gasteiger partial charge in [-0.25, -0.2) is 0 Å². The molecule has 0 heterocycles. The van der Waals surface area contributed by atoms with Gasteiger partial charge >= 0.3 is 0 Å². The molecule has 2 N–H and O–H groups in total. The molecule has 0 aliphatic carbocycles. The lowest BCUT2D eigenvalue weighted by atomic mass is 10.2. The van der Waals surface area contributed by atoms with Crippen LogP contribution in [0.2, 0.25) is 5.02 Å². The van der Waals surface area contributed by atoms with Crippen LogP contribution in [0.15, 0.2) is 40.9 Å². The number of halogens is 2.